The lowest BCUT2D eigenvalue weighted by atomic mass is 9.86. The number of benzene rings is 3. The maximum Gasteiger partial charge on any atom is 0.416 e. The molecule has 1 aliphatic rings. The van der Waals surface area contributed by atoms with E-state index in [0.29, 0.717) is 33.7 Å². The first kappa shape index (κ1) is 28.5. The van der Waals surface area contributed by atoms with Crippen molar-refractivity contribution in [3.63, 3.8) is 0 Å². The molecule has 0 spiro atoms. The summed E-state index contributed by atoms with van der Waals surface area (Å²) in [5, 5.41) is 4.54. The van der Waals surface area contributed by atoms with E-state index < -0.39 is 27.2 Å². The Kier molecular flexibility index (Phi) is 6.46. The number of carbonyl (C=O) groups is 1. The number of hydrogen-bond donors (Lipinski definition) is 1. The van der Waals surface area contributed by atoms with Crippen molar-refractivity contribution >= 4 is 38.3 Å². The summed E-state index contributed by atoms with van der Waals surface area (Å²) in [6.07, 6.45) is -2.85. The molecule has 0 atom stereocenters. The molecule has 0 unspecified atom stereocenters. The molecule has 12 heteroatoms. The minimum atomic E-state index is -4.57. The Bertz CT molecular complexity index is 2030. The molecule has 3 aromatic carbocycles. The van der Waals surface area contributed by atoms with Gasteiger partial charge in [0.15, 0.2) is 5.82 Å². The number of fused-ring (bicyclic) bond motifs is 2. The predicted octanol–water partition coefficient (Wildman–Crippen LogP) is 6.88. The van der Waals surface area contributed by atoms with Gasteiger partial charge in [0.1, 0.15) is 10.7 Å². The molecule has 0 saturated carbocycles. The number of nitrogens with one attached hydrogen (secondary N) is 1. The fourth-order valence-electron chi connectivity index (χ4n) is 5.50. The van der Waals surface area contributed by atoms with Crippen molar-refractivity contribution < 1.29 is 30.9 Å². The second kappa shape index (κ2) is 9.73. The van der Waals surface area contributed by atoms with Gasteiger partial charge in [0.25, 0.3) is 10.0 Å². The Labute approximate surface area is 245 Å². The van der Waals surface area contributed by atoms with Gasteiger partial charge in [-0.15, -0.1) is 0 Å². The lowest BCUT2D eigenvalue weighted by Crippen LogP contribution is -2.35. The van der Waals surface area contributed by atoms with Gasteiger partial charge in [0.05, 0.1) is 28.7 Å². The normalized spacial score (nSPS) is 14.9. The molecule has 0 fully saturated rings. The molecule has 43 heavy (non-hydrogen) atoms. The van der Waals surface area contributed by atoms with Crippen LogP contribution in [0, 0.1) is 13.8 Å². The van der Waals surface area contributed by atoms with E-state index in [1.807, 2.05) is 18.2 Å². The fourth-order valence-corrected chi connectivity index (χ4v) is 6.76. The number of para-hydroxylation sites is 2. The van der Waals surface area contributed by atoms with E-state index in [0.717, 1.165) is 17.5 Å². The maximum atomic E-state index is 13.6. The molecule has 0 aliphatic carbocycles. The van der Waals surface area contributed by atoms with Gasteiger partial charge in [-0.05, 0) is 69.2 Å². The summed E-state index contributed by atoms with van der Waals surface area (Å²) in [5.41, 5.74) is 1.03. The van der Waals surface area contributed by atoms with Gasteiger partial charge in [0.2, 0.25) is 5.91 Å². The van der Waals surface area contributed by atoms with Crippen LogP contribution >= 0.6 is 0 Å². The van der Waals surface area contributed by atoms with Crippen molar-refractivity contribution in [3.05, 3.63) is 101 Å². The van der Waals surface area contributed by atoms with E-state index in [9.17, 15) is 26.4 Å². The molecular formula is C31H27F3N4O4S. The molecule has 5 aromatic rings. The summed E-state index contributed by atoms with van der Waals surface area (Å²) in [4.78, 5) is 14.9. The first-order valence-electron chi connectivity index (χ1n) is 13.4. The Morgan fingerprint density at radius 1 is 0.977 bits per heavy atom. The predicted molar refractivity (Wildman–Crippen MR) is 156 cm³/mol. The van der Waals surface area contributed by atoms with Crippen molar-refractivity contribution in [3.8, 4) is 5.69 Å². The number of nitrogens with zero attached hydrogens (tertiary/aromatic N) is 3. The van der Waals surface area contributed by atoms with Gasteiger partial charge in [-0.25, -0.2) is 8.42 Å². The van der Waals surface area contributed by atoms with E-state index in [4.69, 9.17) is 4.52 Å². The summed E-state index contributed by atoms with van der Waals surface area (Å²) >= 11 is 0. The van der Waals surface area contributed by atoms with Crippen LogP contribution in [0.3, 0.4) is 0 Å². The number of carbonyl (C=O) groups excluding carboxylic acids is 1. The Hall–Kier alpha value is -4.58. The van der Waals surface area contributed by atoms with E-state index in [1.54, 1.807) is 62.7 Å². The van der Waals surface area contributed by atoms with Crippen LogP contribution in [-0.4, -0.2) is 24.0 Å². The molecule has 8 nitrogen and oxygen atoms in total. The van der Waals surface area contributed by atoms with Crippen LogP contribution in [0.15, 0.2) is 82.3 Å². The van der Waals surface area contributed by atoms with Crippen LogP contribution in [0.1, 0.15) is 41.9 Å². The minimum Gasteiger partial charge on any atom is -0.359 e. The second-order valence-electron chi connectivity index (χ2n) is 11.1. The third kappa shape index (κ3) is 4.66. The van der Waals surface area contributed by atoms with E-state index in [2.05, 4.69) is 9.88 Å². The number of hydrogen-bond acceptors (Lipinski definition) is 5. The van der Waals surface area contributed by atoms with Gasteiger partial charge in [-0.2, -0.15) is 13.2 Å². The third-order valence-electron chi connectivity index (χ3n) is 7.99. The molecule has 0 radical (unpaired) electrons. The van der Waals surface area contributed by atoms with Gasteiger partial charge in [0, 0.05) is 22.8 Å². The van der Waals surface area contributed by atoms with Crippen LogP contribution in [0.2, 0.25) is 0 Å². The van der Waals surface area contributed by atoms with Gasteiger partial charge in [-0.3, -0.25) is 9.52 Å². The Morgan fingerprint density at radius 2 is 1.67 bits per heavy atom. The summed E-state index contributed by atoms with van der Waals surface area (Å²) in [6, 6.07) is 17.1. The SMILES string of the molecule is Cc1onc(NS(=O)(=O)c2ccccc2-n2cc(CN3C(=O)C(C)(C)c4ccc(C(F)(F)F)cc43)c3ccccc32)c1C. The van der Waals surface area contributed by atoms with Crippen molar-refractivity contribution in [2.75, 3.05) is 9.62 Å². The largest absolute Gasteiger partial charge is 0.416 e. The quantitative estimate of drug-likeness (QED) is 0.227. The minimum absolute atomic E-state index is 0.0192. The van der Waals surface area contributed by atoms with Crippen molar-refractivity contribution in [1.29, 1.82) is 0 Å². The first-order valence-corrected chi connectivity index (χ1v) is 14.9. The first-order chi connectivity index (χ1) is 20.2. The average molecular weight is 609 g/mol. The summed E-state index contributed by atoms with van der Waals surface area (Å²) in [6.45, 7) is 6.73. The number of rotatable bonds is 6. The molecule has 1 N–H and O–H groups in total. The van der Waals surface area contributed by atoms with Crippen LogP contribution in [0.4, 0.5) is 24.7 Å². The molecule has 1 aliphatic heterocycles. The third-order valence-corrected chi connectivity index (χ3v) is 9.38. The molecule has 2 aromatic heterocycles. The van der Waals surface area contributed by atoms with E-state index in [-0.39, 0.29) is 28.9 Å². The fraction of sp³-hybridized carbons (Fsp3) is 0.226. The summed E-state index contributed by atoms with van der Waals surface area (Å²) < 4.78 is 77.4. The van der Waals surface area contributed by atoms with Crippen LogP contribution < -0.4 is 9.62 Å². The van der Waals surface area contributed by atoms with Gasteiger partial charge >= 0.3 is 6.18 Å². The van der Waals surface area contributed by atoms with Gasteiger partial charge < -0.3 is 14.0 Å². The van der Waals surface area contributed by atoms with Crippen LogP contribution in [-0.2, 0) is 33.0 Å². The zero-order valence-corrected chi connectivity index (χ0v) is 24.5. The van der Waals surface area contributed by atoms with Crippen molar-refractivity contribution in [2.45, 2.75) is 50.7 Å². The monoisotopic (exact) mass is 608 g/mol. The smallest absolute Gasteiger partial charge is 0.359 e. The topological polar surface area (TPSA) is 97.4 Å². The van der Waals surface area contributed by atoms with Crippen molar-refractivity contribution in [2.24, 2.45) is 0 Å². The highest BCUT2D eigenvalue weighted by Gasteiger charge is 2.45. The molecule has 222 valence electrons. The van der Waals surface area contributed by atoms with E-state index in [1.165, 1.54) is 17.0 Å². The maximum absolute atomic E-state index is 13.6. The number of amides is 1. The van der Waals surface area contributed by atoms with E-state index >= 15 is 0 Å². The lowest BCUT2D eigenvalue weighted by Gasteiger charge is -2.20. The molecule has 1 amide bonds. The number of alkyl halides is 3. The molecular weight excluding hydrogens is 581 g/mol. The standard InChI is InChI=1S/C31H27F3N4O4S/c1-18-19(2)42-35-28(18)36-43(40,41)27-12-8-7-11-25(27)37-16-20(22-9-5-6-10-24(22)37)17-38-26-15-21(31(32,33)34)13-14-23(26)30(3,4)29(38)39/h5-16H,17H2,1-4H3,(H,35,36). The van der Waals surface area contributed by atoms with Gasteiger partial charge in [-0.1, -0.05) is 41.6 Å². The molecule has 0 bridgehead atoms. The van der Waals surface area contributed by atoms with Crippen molar-refractivity contribution in [1.82, 2.24) is 9.72 Å². The Balaban J connectivity index is 1.46. The summed E-state index contributed by atoms with van der Waals surface area (Å²) in [5.74, 6) is 0.233. The number of sulfonamides is 1. The highest BCUT2D eigenvalue weighted by Crippen LogP contribution is 2.45. The second-order valence-corrected chi connectivity index (χ2v) is 12.7. The molecule has 0 saturated heterocycles. The number of halogens is 3. The Morgan fingerprint density at radius 3 is 2.37 bits per heavy atom. The highest BCUT2D eigenvalue weighted by molar-refractivity contribution is 7.92. The zero-order chi connectivity index (χ0) is 30.9. The molecule has 3 heterocycles. The molecule has 6 rings (SSSR count). The number of anilines is 2. The van der Waals surface area contributed by atoms with Crippen LogP contribution in [0.25, 0.3) is 16.6 Å². The zero-order valence-electron chi connectivity index (χ0n) is 23.7. The number of aromatic nitrogens is 2. The van der Waals surface area contributed by atoms with Crippen LogP contribution in [0.5, 0.6) is 0 Å². The summed E-state index contributed by atoms with van der Waals surface area (Å²) in [7, 11) is -4.13. The average Bonchev–Trinajstić information content (AvgIpc) is 3.55. The number of aryl methyl sites for hydroxylation is 1. The lowest BCUT2D eigenvalue weighted by molar-refractivity contribution is -0.137. The highest BCUT2D eigenvalue weighted by atomic mass is 32.2.